The first-order valence-corrected chi connectivity index (χ1v) is 9.87. The number of amides is 1. The first-order chi connectivity index (χ1) is 14.0. The number of carbonyl (C=O) groups excluding carboxylic acids is 1. The maximum absolute atomic E-state index is 13.4. The highest BCUT2D eigenvalue weighted by molar-refractivity contribution is 6.29. The van der Waals surface area contributed by atoms with Crippen LogP contribution in [0.1, 0.15) is 42.3 Å². The monoisotopic (exact) mass is 418 g/mol. The van der Waals surface area contributed by atoms with Gasteiger partial charge < -0.3 is 13.9 Å². The molecule has 29 heavy (non-hydrogen) atoms. The highest BCUT2D eigenvalue weighted by atomic mass is 35.5. The van der Waals surface area contributed by atoms with Crippen molar-refractivity contribution in [3.63, 3.8) is 0 Å². The van der Waals surface area contributed by atoms with Crippen LogP contribution in [0, 0.1) is 12.7 Å². The highest BCUT2D eigenvalue weighted by Gasteiger charge is 2.29. The SMILES string of the molecule is Cc1noc(Cl)c1CCC(=O)N1CCCC(c2nc(-c3cccc(F)c3)no2)C1. The van der Waals surface area contributed by atoms with E-state index in [1.807, 2.05) is 4.90 Å². The van der Waals surface area contributed by atoms with Gasteiger partial charge in [-0.3, -0.25) is 4.79 Å². The number of rotatable bonds is 5. The summed E-state index contributed by atoms with van der Waals surface area (Å²) in [6.45, 7) is 3.01. The summed E-state index contributed by atoms with van der Waals surface area (Å²) >= 11 is 5.97. The third-order valence-electron chi connectivity index (χ3n) is 5.17. The molecule has 4 rings (SSSR count). The first-order valence-electron chi connectivity index (χ1n) is 9.49. The summed E-state index contributed by atoms with van der Waals surface area (Å²) in [5, 5.41) is 8.02. The van der Waals surface area contributed by atoms with Crippen LogP contribution in [-0.2, 0) is 11.2 Å². The van der Waals surface area contributed by atoms with Gasteiger partial charge in [-0.25, -0.2) is 4.39 Å². The zero-order valence-corrected chi connectivity index (χ0v) is 16.7. The van der Waals surface area contributed by atoms with Gasteiger partial charge in [0.25, 0.3) is 0 Å². The Labute approximate surface area is 171 Å². The van der Waals surface area contributed by atoms with Crippen LogP contribution < -0.4 is 0 Å². The van der Waals surface area contributed by atoms with Crippen molar-refractivity contribution in [2.45, 2.75) is 38.5 Å². The molecule has 3 aromatic rings. The minimum Gasteiger partial charge on any atom is -0.344 e. The molecular formula is C20H20ClFN4O3. The molecule has 9 heteroatoms. The fourth-order valence-electron chi connectivity index (χ4n) is 3.58. The lowest BCUT2D eigenvalue weighted by Crippen LogP contribution is -2.39. The lowest BCUT2D eigenvalue weighted by atomic mass is 9.97. The van der Waals surface area contributed by atoms with Gasteiger partial charge in [0.2, 0.25) is 22.8 Å². The van der Waals surface area contributed by atoms with Gasteiger partial charge in [0.1, 0.15) is 5.82 Å². The van der Waals surface area contributed by atoms with E-state index in [0.717, 1.165) is 18.4 Å². The number of hydrogen-bond acceptors (Lipinski definition) is 6. The summed E-state index contributed by atoms with van der Waals surface area (Å²) < 4.78 is 23.8. The molecule has 1 amide bonds. The Balaban J connectivity index is 1.40. The topological polar surface area (TPSA) is 85.3 Å². The average Bonchev–Trinajstić information content (AvgIpc) is 3.34. The molecule has 3 heterocycles. The summed E-state index contributed by atoms with van der Waals surface area (Å²) in [6.07, 6.45) is 2.51. The maximum Gasteiger partial charge on any atom is 0.231 e. The van der Waals surface area contributed by atoms with Crippen LogP contribution in [0.5, 0.6) is 0 Å². The number of hydrogen-bond donors (Lipinski definition) is 0. The van der Waals surface area contributed by atoms with Gasteiger partial charge >= 0.3 is 0 Å². The second-order valence-electron chi connectivity index (χ2n) is 7.17. The van der Waals surface area contributed by atoms with Crippen LogP contribution in [0.2, 0.25) is 5.22 Å². The molecular weight excluding hydrogens is 399 g/mol. The summed E-state index contributed by atoms with van der Waals surface area (Å²) in [4.78, 5) is 18.9. The van der Waals surface area contributed by atoms with Crippen LogP contribution in [0.25, 0.3) is 11.4 Å². The van der Waals surface area contributed by atoms with Crippen molar-refractivity contribution in [2.75, 3.05) is 13.1 Å². The van der Waals surface area contributed by atoms with Crippen molar-refractivity contribution >= 4 is 17.5 Å². The van der Waals surface area contributed by atoms with Crippen LogP contribution >= 0.6 is 11.6 Å². The Kier molecular flexibility index (Phi) is 5.62. The fraction of sp³-hybridized carbons (Fsp3) is 0.400. The van der Waals surface area contributed by atoms with Gasteiger partial charge in [-0.05, 0) is 49.9 Å². The third-order valence-corrected chi connectivity index (χ3v) is 5.47. The minimum atomic E-state index is -0.355. The predicted molar refractivity (Wildman–Crippen MR) is 103 cm³/mol. The molecule has 0 bridgehead atoms. The van der Waals surface area contributed by atoms with E-state index in [1.165, 1.54) is 12.1 Å². The molecule has 7 nitrogen and oxygen atoms in total. The molecule has 0 saturated carbocycles. The van der Waals surface area contributed by atoms with E-state index >= 15 is 0 Å². The highest BCUT2D eigenvalue weighted by Crippen LogP contribution is 2.28. The van der Waals surface area contributed by atoms with Crippen molar-refractivity contribution < 1.29 is 18.2 Å². The summed E-state index contributed by atoms with van der Waals surface area (Å²) in [7, 11) is 0. The van der Waals surface area contributed by atoms with Crippen LogP contribution in [0.3, 0.4) is 0 Å². The number of piperidine rings is 1. The second kappa shape index (κ2) is 8.32. The van der Waals surface area contributed by atoms with Gasteiger partial charge in [0.15, 0.2) is 0 Å². The number of carbonyl (C=O) groups is 1. The Bertz CT molecular complexity index is 999. The van der Waals surface area contributed by atoms with Crippen molar-refractivity contribution in [3.05, 3.63) is 52.5 Å². The molecule has 1 atom stereocenters. The van der Waals surface area contributed by atoms with Crippen molar-refractivity contribution in [2.24, 2.45) is 0 Å². The summed E-state index contributed by atoms with van der Waals surface area (Å²) in [6, 6.07) is 6.06. The number of likely N-dealkylation sites (tertiary alicyclic amines) is 1. The smallest absolute Gasteiger partial charge is 0.231 e. The van der Waals surface area contributed by atoms with E-state index in [1.54, 1.807) is 19.1 Å². The number of halogens is 2. The Morgan fingerprint density at radius 3 is 2.97 bits per heavy atom. The van der Waals surface area contributed by atoms with Crippen LogP contribution in [-0.4, -0.2) is 39.2 Å². The van der Waals surface area contributed by atoms with E-state index < -0.39 is 0 Å². The molecule has 1 aliphatic rings. The van der Waals surface area contributed by atoms with Gasteiger partial charge in [0.05, 0.1) is 11.6 Å². The number of benzene rings is 1. The van der Waals surface area contributed by atoms with Crippen molar-refractivity contribution in [1.29, 1.82) is 0 Å². The zero-order valence-electron chi connectivity index (χ0n) is 15.9. The summed E-state index contributed by atoms with van der Waals surface area (Å²) in [5.74, 6) is 0.464. The van der Waals surface area contributed by atoms with E-state index in [0.29, 0.717) is 48.9 Å². The number of aryl methyl sites for hydroxylation is 1. The van der Waals surface area contributed by atoms with Gasteiger partial charge in [0, 0.05) is 30.6 Å². The van der Waals surface area contributed by atoms with Gasteiger partial charge in [-0.2, -0.15) is 4.98 Å². The van der Waals surface area contributed by atoms with Gasteiger partial charge in [-0.15, -0.1) is 0 Å². The first kappa shape index (κ1) is 19.6. The molecule has 1 unspecified atom stereocenters. The van der Waals surface area contributed by atoms with Crippen LogP contribution in [0.4, 0.5) is 4.39 Å². The standard InChI is InChI=1S/C20H20ClFN4O3/c1-12-16(18(21)28-24-12)7-8-17(27)26-9-3-5-14(11-26)20-23-19(25-29-20)13-4-2-6-15(22)10-13/h2,4,6,10,14H,3,5,7-9,11H2,1H3. The molecule has 0 radical (unpaired) electrons. The number of aromatic nitrogens is 3. The third kappa shape index (κ3) is 4.32. The lowest BCUT2D eigenvalue weighted by molar-refractivity contribution is -0.132. The van der Waals surface area contributed by atoms with E-state index in [-0.39, 0.29) is 22.9 Å². The normalized spacial score (nSPS) is 16.9. The molecule has 152 valence electrons. The molecule has 1 aliphatic heterocycles. The second-order valence-corrected chi connectivity index (χ2v) is 7.51. The molecule has 0 spiro atoms. The molecule has 0 N–H and O–H groups in total. The number of nitrogens with zero attached hydrogens (tertiary/aromatic N) is 4. The maximum atomic E-state index is 13.4. The largest absolute Gasteiger partial charge is 0.344 e. The Hall–Kier alpha value is -2.74. The zero-order chi connectivity index (χ0) is 20.4. The van der Waals surface area contributed by atoms with Crippen molar-refractivity contribution in [3.8, 4) is 11.4 Å². The van der Waals surface area contributed by atoms with E-state index in [4.69, 9.17) is 20.6 Å². The minimum absolute atomic E-state index is 0.0382. The average molecular weight is 419 g/mol. The lowest BCUT2D eigenvalue weighted by Gasteiger charge is -2.31. The van der Waals surface area contributed by atoms with Gasteiger partial charge in [-0.1, -0.05) is 22.4 Å². The van der Waals surface area contributed by atoms with E-state index in [9.17, 15) is 9.18 Å². The van der Waals surface area contributed by atoms with E-state index in [2.05, 4.69) is 15.3 Å². The predicted octanol–water partition coefficient (Wildman–Crippen LogP) is 4.16. The quantitative estimate of drug-likeness (QED) is 0.618. The van der Waals surface area contributed by atoms with Crippen LogP contribution in [0.15, 0.2) is 33.3 Å². The van der Waals surface area contributed by atoms with Crippen molar-refractivity contribution in [1.82, 2.24) is 20.2 Å². The molecule has 1 fully saturated rings. The Morgan fingerprint density at radius 2 is 2.21 bits per heavy atom. The Morgan fingerprint density at radius 1 is 1.34 bits per heavy atom. The molecule has 2 aromatic heterocycles. The fourth-order valence-corrected chi connectivity index (χ4v) is 3.85. The summed E-state index contributed by atoms with van der Waals surface area (Å²) in [5.41, 5.74) is 2.03. The molecule has 0 aliphatic carbocycles. The molecule has 1 saturated heterocycles. The molecule has 1 aromatic carbocycles.